The standard InChI is InChI=1S/C8H11NO3.C6H7NO2.C2H5ClO/c1-10-6-12-7-3-4-8(11-2)9-5-7;1-9-6-3-2-5(8)4-7-6;1-4-2-3/h3-5H,6H2,1-2H3;2-4,8H,1H3;2H2,1H3. The molecular weight excluding hydrogens is 352 g/mol. The fourth-order valence-electron chi connectivity index (χ4n) is 1.19. The van der Waals surface area contributed by atoms with Crippen LogP contribution < -0.4 is 14.2 Å². The van der Waals surface area contributed by atoms with Gasteiger partial charge in [-0.05, 0) is 12.1 Å². The molecule has 0 aliphatic carbocycles. The van der Waals surface area contributed by atoms with Crippen LogP contribution >= 0.6 is 11.6 Å². The first-order valence-electron chi connectivity index (χ1n) is 6.96. The molecule has 0 aliphatic rings. The summed E-state index contributed by atoms with van der Waals surface area (Å²) < 4.78 is 23.8. The first-order chi connectivity index (χ1) is 12.1. The van der Waals surface area contributed by atoms with Crippen LogP contribution in [0.4, 0.5) is 0 Å². The van der Waals surface area contributed by atoms with Gasteiger partial charge in [0.1, 0.15) is 17.6 Å². The van der Waals surface area contributed by atoms with E-state index in [4.69, 9.17) is 35.7 Å². The zero-order valence-corrected chi connectivity index (χ0v) is 15.4. The molecule has 2 rings (SSSR count). The Hall–Kier alpha value is -2.29. The largest absolute Gasteiger partial charge is 0.506 e. The summed E-state index contributed by atoms with van der Waals surface area (Å²) in [6, 6.07) is 6.90. The Balaban J connectivity index is 0.000000391. The highest BCUT2D eigenvalue weighted by molar-refractivity contribution is 6.17. The fraction of sp³-hybridized carbons (Fsp3) is 0.375. The van der Waals surface area contributed by atoms with E-state index in [1.54, 1.807) is 45.7 Å². The lowest BCUT2D eigenvalue weighted by Crippen LogP contribution is -1.99. The molecule has 2 aromatic rings. The van der Waals surface area contributed by atoms with Gasteiger partial charge >= 0.3 is 0 Å². The summed E-state index contributed by atoms with van der Waals surface area (Å²) in [6.45, 7) is 0.230. The average Bonchev–Trinajstić information content (AvgIpc) is 2.68. The number of halogens is 1. The fourth-order valence-corrected chi connectivity index (χ4v) is 1.19. The SMILES string of the molecule is COCCl.COCOc1ccc(OC)nc1.COc1ccc(O)cn1. The Labute approximate surface area is 152 Å². The summed E-state index contributed by atoms with van der Waals surface area (Å²) >= 11 is 4.96. The van der Waals surface area contributed by atoms with Crippen LogP contribution in [0.15, 0.2) is 36.7 Å². The second kappa shape index (κ2) is 15.3. The number of ether oxygens (including phenoxy) is 5. The van der Waals surface area contributed by atoms with Gasteiger partial charge in [-0.25, -0.2) is 9.97 Å². The zero-order valence-electron chi connectivity index (χ0n) is 14.6. The first kappa shape index (κ1) is 22.7. The predicted molar refractivity (Wildman–Crippen MR) is 93.5 cm³/mol. The number of alkyl halides is 1. The van der Waals surface area contributed by atoms with Gasteiger partial charge < -0.3 is 28.8 Å². The molecule has 0 spiro atoms. The summed E-state index contributed by atoms with van der Waals surface area (Å²) in [6.07, 6.45) is 2.91. The first-order valence-corrected chi connectivity index (χ1v) is 7.50. The summed E-state index contributed by atoms with van der Waals surface area (Å²) in [5.41, 5.74) is 0. The van der Waals surface area contributed by atoms with Crippen molar-refractivity contribution in [3.8, 4) is 23.3 Å². The highest BCUT2D eigenvalue weighted by atomic mass is 35.5. The molecule has 9 heteroatoms. The lowest BCUT2D eigenvalue weighted by atomic mass is 10.4. The van der Waals surface area contributed by atoms with Crippen LogP contribution in [0.3, 0.4) is 0 Å². The second-order valence-corrected chi connectivity index (χ2v) is 4.26. The molecule has 2 heterocycles. The highest BCUT2D eigenvalue weighted by Gasteiger charge is 1.94. The van der Waals surface area contributed by atoms with Crippen LogP contribution in [0.25, 0.3) is 0 Å². The van der Waals surface area contributed by atoms with Gasteiger partial charge in [-0.1, -0.05) is 11.6 Å². The third-order valence-electron chi connectivity index (χ3n) is 2.30. The number of nitrogens with zero attached hydrogens (tertiary/aromatic N) is 2. The van der Waals surface area contributed by atoms with Gasteiger partial charge in [-0.3, -0.25) is 0 Å². The Bertz CT molecular complexity index is 537. The van der Waals surface area contributed by atoms with E-state index in [9.17, 15) is 0 Å². The van der Waals surface area contributed by atoms with Gasteiger partial charge in [-0.2, -0.15) is 0 Å². The van der Waals surface area contributed by atoms with Crippen molar-refractivity contribution in [2.75, 3.05) is 41.3 Å². The molecule has 0 radical (unpaired) electrons. The molecule has 140 valence electrons. The quantitative estimate of drug-likeness (QED) is 0.609. The van der Waals surface area contributed by atoms with E-state index in [-0.39, 0.29) is 12.5 Å². The van der Waals surface area contributed by atoms with Crippen LogP contribution in [-0.2, 0) is 9.47 Å². The van der Waals surface area contributed by atoms with Gasteiger partial charge in [0.25, 0.3) is 0 Å². The Morgan fingerprint density at radius 1 is 0.880 bits per heavy atom. The van der Waals surface area contributed by atoms with Crippen molar-refractivity contribution in [2.45, 2.75) is 0 Å². The number of pyridine rings is 2. The average molecular weight is 375 g/mol. The minimum absolute atomic E-state index is 0.149. The molecule has 0 aromatic carbocycles. The Morgan fingerprint density at radius 3 is 1.80 bits per heavy atom. The number of aromatic nitrogens is 2. The van der Waals surface area contributed by atoms with Crippen molar-refractivity contribution in [3.63, 3.8) is 0 Å². The molecule has 0 saturated carbocycles. The minimum Gasteiger partial charge on any atom is -0.506 e. The number of aromatic hydroxyl groups is 1. The summed E-state index contributed by atoms with van der Waals surface area (Å²) in [4.78, 5) is 7.67. The topological polar surface area (TPSA) is 92.2 Å². The maximum atomic E-state index is 8.73. The van der Waals surface area contributed by atoms with Crippen molar-refractivity contribution in [1.29, 1.82) is 0 Å². The number of methoxy groups -OCH3 is 4. The van der Waals surface area contributed by atoms with E-state index in [1.807, 2.05) is 0 Å². The summed E-state index contributed by atoms with van der Waals surface area (Å²) in [5.74, 6) is 1.89. The van der Waals surface area contributed by atoms with E-state index in [0.29, 0.717) is 23.6 Å². The molecule has 1 N–H and O–H groups in total. The van der Waals surface area contributed by atoms with E-state index in [0.717, 1.165) is 0 Å². The smallest absolute Gasteiger partial charge is 0.213 e. The van der Waals surface area contributed by atoms with E-state index in [1.165, 1.54) is 19.4 Å². The van der Waals surface area contributed by atoms with Crippen LogP contribution in [0, 0.1) is 0 Å². The van der Waals surface area contributed by atoms with E-state index >= 15 is 0 Å². The van der Waals surface area contributed by atoms with Crippen molar-refractivity contribution in [3.05, 3.63) is 36.7 Å². The monoisotopic (exact) mass is 374 g/mol. The number of rotatable bonds is 6. The minimum atomic E-state index is 0.149. The molecule has 0 saturated heterocycles. The Morgan fingerprint density at radius 2 is 1.44 bits per heavy atom. The molecule has 8 nitrogen and oxygen atoms in total. The molecule has 0 aliphatic heterocycles. The van der Waals surface area contributed by atoms with Crippen LogP contribution in [0.1, 0.15) is 0 Å². The molecule has 0 atom stereocenters. The molecule has 25 heavy (non-hydrogen) atoms. The van der Waals surface area contributed by atoms with Crippen molar-refractivity contribution in [2.24, 2.45) is 0 Å². The van der Waals surface area contributed by atoms with E-state index < -0.39 is 0 Å². The van der Waals surface area contributed by atoms with Gasteiger partial charge in [0, 0.05) is 26.4 Å². The lowest BCUT2D eigenvalue weighted by Gasteiger charge is -2.03. The third-order valence-corrected chi connectivity index (χ3v) is 2.52. The van der Waals surface area contributed by atoms with Gasteiger partial charge in [0.05, 0.1) is 26.6 Å². The summed E-state index contributed by atoms with van der Waals surface area (Å²) in [7, 11) is 6.21. The number of hydrogen-bond donors (Lipinski definition) is 1. The zero-order chi connectivity index (χ0) is 18.9. The lowest BCUT2D eigenvalue weighted by molar-refractivity contribution is 0.0508. The normalized spacial score (nSPS) is 9.00. The van der Waals surface area contributed by atoms with Crippen molar-refractivity contribution < 1.29 is 28.8 Å². The highest BCUT2D eigenvalue weighted by Crippen LogP contribution is 2.12. The molecule has 0 bridgehead atoms. The summed E-state index contributed by atoms with van der Waals surface area (Å²) in [5, 5.41) is 8.73. The van der Waals surface area contributed by atoms with Crippen molar-refractivity contribution in [1.82, 2.24) is 9.97 Å². The maximum Gasteiger partial charge on any atom is 0.213 e. The van der Waals surface area contributed by atoms with Crippen LogP contribution in [0.5, 0.6) is 23.3 Å². The molecule has 0 unspecified atom stereocenters. The predicted octanol–water partition coefficient (Wildman–Crippen LogP) is 2.70. The van der Waals surface area contributed by atoms with E-state index in [2.05, 4.69) is 14.7 Å². The van der Waals surface area contributed by atoms with Crippen molar-refractivity contribution >= 4 is 11.6 Å². The maximum absolute atomic E-state index is 8.73. The molecular formula is C16H23ClN2O6. The molecule has 2 aromatic heterocycles. The molecule has 0 fully saturated rings. The Kier molecular flexibility index (Phi) is 13.9. The molecule has 0 amide bonds. The van der Waals surface area contributed by atoms with Gasteiger partial charge in [0.15, 0.2) is 6.79 Å². The third kappa shape index (κ3) is 11.8. The second-order valence-electron chi connectivity index (χ2n) is 4.04. The van der Waals surface area contributed by atoms with Crippen LogP contribution in [-0.4, -0.2) is 56.4 Å². The van der Waals surface area contributed by atoms with Gasteiger partial charge in [0.2, 0.25) is 11.8 Å². The van der Waals surface area contributed by atoms with Crippen LogP contribution in [0.2, 0.25) is 0 Å². The van der Waals surface area contributed by atoms with Gasteiger partial charge in [-0.15, -0.1) is 0 Å². The number of hydrogen-bond acceptors (Lipinski definition) is 8.